The summed E-state index contributed by atoms with van der Waals surface area (Å²) in [7, 11) is -0.613. The van der Waals surface area contributed by atoms with Crippen molar-refractivity contribution in [2.45, 2.75) is 31.9 Å². The first kappa shape index (κ1) is 19.4. The minimum absolute atomic E-state index is 0.0292. The van der Waals surface area contributed by atoms with E-state index in [9.17, 15) is 4.79 Å². The van der Waals surface area contributed by atoms with Gasteiger partial charge in [0, 0.05) is 11.4 Å². The maximum Gasteiger partial charge on any atom is 0.238 e. The molecule has 4 heterocycles. The number of anilines is 1. The van der Waals surface area contributed by atoms with Gasteiger partial charge in [-0.15, -0.1) is 10.2 Å². The monoisotopic (exact) mass is 427 g/mol. The minimum Gasteiger partial charge on any atom is -0.358 e. The van der Waals surface area contributed by atoms with Gasteiger partial charge in [0.2, 0.25) is 11.7 Å². The lowest BCUT2D eigenvalue weighted by Crippen LogP contribution is -2.19. The van der Waals surface area contributed by atoms with Gasteiger partial charge in [-0.25, -0.2) is 24.7 Å². The highest BCUT2D eigenvalue weighted by Crippen LogP contribution is 2.53. The van der Waals surface area contributed by atoms with Crippen molar-refractivity contribution in [3.05, 3.63) is 23.5 Å². The van der Waals surface area contributed by atoms with E-state index in [4.69, 9.17) is 4.74 Å². The maximum absolute atomic E-state index is 12.3. The SMILES string of the molecule is Cc1ccc2c(-c3nnc4c(n3)NC(=O)C43CC3)nn(COCCS(C)(C)C)c2n1. The van der Waals surface area contributed by atoms with Crippen molar-refractivity contribution in [3.8, 4) is 11.5 Å². The lowest BCUT2D eigenvalue weighted by molar-refractivity contribution is -0.117. The summed E-state index contributed by atoms with van der Waals surface area (Å²) in [6.07, 6.45) is 8.41. The van der Waals surface area contributed by atoms with Gasteiger partial charge in [0.05, 0.1) is 17.4 Å². The zero-order chi connectivity index (χ0) is 21.1. The summed E-state index contributed by atoms with van der Waals surface area (Å²) in [6, 6.07) is 3.90. The molecule has 3 aromatic rings. The lowest BCUT2D eigenvalue weighted by Gasteiger charge is -2.24. The average Bonchev–Trinajstić information content (AvgIpc) is 3.34. The highest BCUT2D eigenvalue weighted by molar-refractivity contribution is 8.32. The number of rotatable bonds is 6. The number of aryl methyl sites for hydroxylation is 1. The van der Waals surface area contributed by atoms with E-state index >= 15 is 0 Å². The fraction of sp³-hybridized carbons (Fsp3) is 0.500. The van der Waals surface area contributed by atoms with Gasteiger partial charge in [0.15, 0.2) is 11.5 Å². The molecule has 30 heavy (non-hydrogen) atoms. The first-order chi connectivity index (χ1) is 14.3. The number of nitrogens with zero attached hydrogens (tertiary/aromatic N) is 6. The van der Waals surface area contributed by atoms with Crippen LogP contribution in [0.1, 0.15) is 24.2 Å². The van der Waals surface area contributed by atoms with Crippen LogP contribution in [0, 0.1) is 6.92 Å². The molecule has 9 nitrogen and oxygen atoms in total. The molecule has 1 aliphatic heterocycles. The van der Waals surface area contributed by atoms with E-state index in [1.165, 1.54) is 0 Å². The molecule has 1 spiro atoms. The summed E-state index contributed by atoms with van der Waals surface area (Å²) in [5.74, 6) is 1.87. The summed E-state index contributed by atoms with van der Waals surface area (Å²) in [4.78, 5) is 21.5. The number of aromatic nitrogens is 6. The van der Waals surface area contributed by atoms with Crippen LogP contribution >= 0.6 is 10.0 Å². The molecule has 2 aliphatic rings. The molecule has 0 bridgehead atoms. The van der Waals surface area contributed by atoms with E-state index in [1.54, 1.807) is 4.68 Å². The minimum atomic E-state index is -0.613. The Labute approximate surface area is 176 Å². The quantitative estimate of drug-likeness (QED) is 0.601. The van der Waals surface area contributed by atoms with Gasteiger partial charge >= 0.3 is 0 Å². The van der Waals surface area contributed by atoms with Crippen LogP contribution in [0.5, 0.6) is 0 Å². The summed E-state index contributed by atoms with van der Waals surface area (Å²) in [6.45, 7) is 2.92. The summed E-state index contributed by atoms with van der Waals surface area (Å²) >= 11 is 0. The van der Waals surface area contributed by atoms with Gasteiger partial charge in [-0.05, 0) is 50.7 Å². The van der Waals surface area contributed by atoms with Crippen LogP contribution in [0.3, 0.4) is 0 Å². The third-order valence-electron chi connectivity index (χ3n) is 5.56. The van der Waals surface area contributed by atoms with Crippen LogP contribution < -0.4 is 5.32 Å². The van der Waals surface area contributed by atoms with Crippen LogP contribution in [-0.2, 0) is 21.7 Å². The Morgan fingerprint density at radius 1 is 1.20 bits per heavy atom. The Kier molecular flexibility index (Phi) is 4.33. The number of carbonyl (C=O) groups excluding carboxylic acids is 1. The topological polar surface area (TPSA) is 108 Å². The second-order valence-electron chi connectivity index (χ2n) is 8.87. The van der Waals surface area contributed by atoms with E-state index in [0.29, 0.717) is 36.4 Å². The van der Waals surface area contributed by atoms with Crippen LogP contribution in [0.4, 0.5) is 5.82 Å². The fourth-order valence-electron chi connectivity index (χ4n) is 3.62. The first-order valence-electron chi connectivity index (χ1n) is 9.92. The van der Waals surface area contributed by atoms with Crippen LogP contribution in [0.15, 0.2) is 12.1 Å². The predicted molar refractivity (Wildman–Crippen MR) is 117 cm³/mol. The van der Waals surface area contributed by atoms with E-state index < -0.39 is 15.4 Å². The third kappa shape index (κ3) is 3.24. The molecular weight excluding hydrogens is 402 g/mol. The van der Waals surface area contributed by atoms with Gasteiger partial charge in [-0.1, -0.05) is 0 Å². The largest absolute Gasteiger partial charge is 0.358 e. The molecular formula is C20H25N7O2S. The second kappa shape index (κ2) is 6.71. The van der Waals surface area contributed by atoms with Crippen molar-refractivity contribution in [2.24, 2.45) is 0 Å². The highest BCUT2D eigenvalue weighted by atomic mass is 32.3. The second-order valence-corrected chi connectivity index (χ2v) is 13.5. The van der Waals surface area contributed by atoms with E-state index in [0.717, 1.165) is 35.3 Å². The molecule has 1 N–H and O–H groups in total. The molecule has 10 heteroatoms. The fourth-order valence-corrected chi connectivity index (χ4v) is 4.24. The van der Waals surface area contributed by atoms with Gasteiger partial charge in [-0.2, -0.15) is 5.10 Å². The van der Waals surface area contributed by atoms with Gasteiger partial charge in [-0.3, -0.25) is 4.79 Å². The molecule has 0 aromatic carbocycles. The summed E-state index contributed by atoms with van der Waals surface area (Å²) in [5, 5.41) is 17.0. The molecule has 0 atom stereocenters. The van der Waals surface area contributed by atoms with E-state index in [1.807, 2.05) is 19.1 Å². The summed E-state index contributed by atoms with van der Waals surface area (Å²) < 4.78 is 7.63. The zero-order valence-corrected chi connectivity index (χ0v) is 18.4. The standard InChI is InChI=1S/C20H25N7O2S/c1-12-5-6-13-14(26-27(18(13)21-12)11-29-9-10-30(2,3)4)16-22-17-15(24-25-16)20(7-8-20)19(28)23-17/h5-6H,7-11H2,1-4H3,(H,22,23,25,28). The Hall–Kier alpha value is -2.59. The third-order valence-corrected chi connectivity index (χ3v) is 6.95. The molecule has 3 aromatic heterocycles. The normalized spacial score (nSPS) is 17.4. The number of carbonyl (C=O) groups is 1. The van der Waals surface area contributed by atoms with Crippen molar-refractivity contribution in [2.75, 3.05) is 36.4 Å². The number of amides is 1. The van der Waals surface area contributed by atoms with Crippen LogP contribution in [0.2, 0.25) is 0 Å². The Balaban J connectivity index is 1.48. The number of ether oxygens (including phenoxy) is 1. The molecule has 158 valence electrons. The van der Waals surface area contributed by atoms with Crippen molar-refractivity contribution < 1.29 is 9.53 Å². The smallest absolute Gasteiger partial charge is 0.238 e. The van der Waals surface area contributed by atoms with E-state index in [-0.39, 0.29) is 5.91 Å². The van der Waals surface area contributed by atoms with Gasteiger partial charge < -0.3 is 10.1 Å². The maximum atomic E-state index is 12.3. The van der Waals surface area contributed by atoms with Crippen molar-refractivity contribution in [3.63, 3.8) is 0 Å². The molecule has 1 fully saturated rings. The van der Waals surface area contributed by atoms with Gasteiger partial charge in [0.1, 0.15) is 18.1 Å². The Bertz CT molecular complexity index is 1160. The molecule has 1 saturated carbocycles. The molecule has 5 rings (SSSR count). The van der Waals surface area contributed by atoms with E-state index in [2.05, 4.69) is 49.3 Å². The molecule has 1 aliphatic carbocycles. The molecule has 0 saturated heterocycles. The number of hydrogen-bond acceptors (Lipinski definition) is 7. The summed E-state index contributed by atoms with van der Waals surface area (Å²) in [5.41, 5.74) is 2.35. The molecule has 0 radical (unpaired) electrons. The Morgan fingerprint density at radius 3 is 2.73 bits per heavy atom. The molecule has 0 unspecified atom stereocenters. The predicted octanol–water partition coefficient (Wildman–Crippen LogP) is 2.24. The highest BCUT2D eigenvalue weighted by Gasteiger charge is 2.58. The number of hydrogen-bond donors (Lipinski definition) is 1. The van der Waals surface area contributed by atoms with Crippen molar-refractivity contribution in [1.82, 2.24) is 29.9 Å². The van der Waals surface area contributed by atoms with Crippen molar-refractivity contribution >= 4 is 32.8 Å². The number of pyridine rings is 1. The zero-order valence-electron chi connectivity index (χ0n) is 17.6. The van der Waals surface area contributed by atoms with Crippen LogP contribution in [0.25, 0.3) is 22.6 Å². The Morgan fingerprint density at radius 2 is 2.00 bits per heavy atom. The average molecular weight is 428 g/mol. The van der Waals surface area contributed by atoms with Gasteiger partial charge in [0.25, 0.3) is 0 Å². The molecule has 1 amide bonds. The van der Waals surface area contributed by atoms with Crippen LogP contribution in [-0.4, -0.2) is 67.0 Å². The number of fused-ring (bicyclic) bond motifs is 3. The number of nitrogens with one attached hydrogen (secondary N) is 1. The lowest BCUT2D eigenvalue weighted by atomic mass is 10.1. The van der Waals surface area contributed by atoms with Crippen molar-refractivity contribution in [1.29, 1.82) is 0 Å². The first-order valence-corrected chi connectivity index (χ1v) is 12.9.